The zero-order valence-corrected chi connectivity index (χ0v) is 29.1. The number of carbonyl (C=O) groups is 5. The number of hydrogen-bond donors (Lipinski definition) is 6. The molecular weight excluding hydrogens is 590 g/mol. The van der Waals surface area contributed by atoms with Crippen LogP contribution in [0.3, 0.4) is 0 Å². The largest absolute Gasteiger partial charge is 0.619 e. The highest BCUT2D eigenvalue weighted by Crippen LogP contribution is 2.12. The molecular formula is C33H57N7O6. The van der Waals surface area contributed by atoms with Gasteiger partial charge in [0.2, 0.25) is 23.6 Å². The van der Waals surface area contributed by atoms with E-state index in [2.05, 4.69) is 31.9 Å². The Morgan fingerprint density at radius 2 is 1.50 bits per heavy atom. The molecule has 0 aliphatic carbocycles. The van der Waals surface area contributed by atoms with Gasteiger partial charge in [0, 0.05) is 25.2 Å². The third-order valence-corrected chi connectivity index (χ3v) is 7.79. The molecule has 13 heteroatoms. The third-order valence-electron chi connectivity index (χ3n) is 7.79. The van der Waals surface area contributed by atoms with Gasteiger partial charge < -0.3 is 37.1 Å². The molecule has 260 valence electrons. The van der Waals surface area contributed by atoms with E-state index in [1.165, 1.54) is 18.3 Å². The standard InChI is InChI=1S/C33H57N7O6/c1-10-14-26(37-33(45)28(22(8)11-2)39-30(42)24-15-13-16-40(46)19-24)31(43)36-25(17-20(4)5)18-35-23(9)29(41)38-27(21(6)7)32(44)34-12-3/h13,15-16,19-23,25-28,35H,10-12,14,17-18H2,1-9H3,(H,34,44)(H,36,43)(H,37,45)(H,38,41)(H,39,42)/t22-,23-,25-,26-,27-,28-/m0/s1. The summed E-state index contributed by atoms with van der Waals surface area (Å²) in [6, 6.07) is -0.471. The smallest absolute Gasteiger partial charge is 0.258 e. The summed E-state index contributed by atoms with van der Waals surface area (Å²) in [5.41, 5.74) is 0.123. The number of hydrogen-bond acceptors (Lipinski definition) is 7. The molecule has 6 atom stereocenters. The average molecular weight is 648 g/mol. The van der Waals surface area contributed by atoms with E-state index in [1.807, 2.05) is 55.4 Å². The molecule has 5 amide bonds. The number of nitrogens with zero attached hydrogens (tertiary/aromatic N) is 1. The minimum absolute atomic E-state index is 0.0994. The van der Waals surface area contributed by atoms with Crippen molar-refractivity contribution in [1.82, 2.24) is 31.9 Å². The molecule has 0 aromatic carbocycles. The van der Waals surface area contributed by atoms with Crippen LogP contribution < -0.4 is 36.6 Å². The number of carbonyl (C=O) groups excluding carboxylic acids is 5. The maximum atomic E-state index is 13.5. The molecule has 0 spiro atoms. The van der Waals surface area contributed by atoms with Gasteiger partial charge in [0.15, 0.2) is 12.4 Å². The zero-order chi connectivity index (χ0) is 35.0. The predicted molar refractivity (Wildman–Crippen MR) is 177 cm³/mol. The Morgan fingerprint density at radius 3 is 2.04 bits per heavy atom. The topological polar surface area (TPSA) is 184 Å². The highest BCUT2D eigenvalue weighted by molar-refractivity contribution is 5.98. The molecule has 46 heavy (non-hydrogen) atoms. The first-order chi connectivity index (χ1) is 21.6. The molecule has 0 saturated carbocycles. The van der Waals surface area contributed by atoms with Crippen LogP contribution in [0, 0.1) is 23.0 Å². The Morgan fingerprint density at radius 1 is 0.826 bits per heavy atom. The monoisotopic (exact) mass is 647 g/mol. The molecule has 13 nitrogen and oxygen atoms in total. The fourth-order valence-electron chi connectivity index (χ4n) is 4.91. The summed E-state index contributed by atoms with van der Waals surface area (Å²) in [6.07, 6.45) is 4.61. The van der Waals surface area contributed by atoms with Gasteiger partial charge in [0.1, 0.15) is 23.7 Å². The first-order valence-corrected chi connectivity index (χ1v) is 16.6. The minimum atomic E-state index is -0.925. The number of pyridine rings is 1. The van der Waals surface area contributed by atoms with E-state index in [1.54, 1.807) is 6.92 Å². The van der Waals surface area contributed by atoms with Crippen LogP contribution in [0.5, 0.6) is 0 Å². The first-order valence-electron chi connectivity index (χ1n) is 16.6. The van der Waals surface area contributed by atoms with Gasteiger partial charge in [-0.1, -0.05) is 61.3 Å². The fourth-order valence-corrected chi connectivity index (χ4v) is 4.91. The lowest BCUT2D eigenvalue weighted by molar-refractivity contribution is -0.605. The zero-order valence-electron chi connectivity index (χ0n) is 29.1. The van der Waals surface area contributed by atoms with Gasteiger partial charge in [-0.25, -0.2) is 0 Å². The van der Waals surface area contributed by atoms with Crippen molar-refractivity contribution in [2.24, 2.45) is 17.8 Å². The fraction of sp³-hybridized carbons (Fsp3) is 0.697. The Kier molecular flexibility index (Phi) is 17.9. The summed E-state index contributed by atoms with van der Waals surface area (Å²) in [5.74, 6) is -2.09. The molecule has 6 N–H and O–H groups in total. The number of amides is 5. The molecule has 1 aromatic rings. The summed E-state index contributed by atoms with van der Waals surface area (Å²) in [6.45, 7) is 17.7. The van der Waals surface area contributed by atoms with Crippen molar-refractivity contribution in [3.8, 4) is 0 Å². The second kappa shape index (κ2) is 20.4. The molecule has 1 aromatic heterocycles. The summed E-state index contributed by atoms with van der Waals surface area (Å²) in [7, 11) is 0. The molecule has 0 bridgehead atoms. The van der Waals surface area contributed by atoms with Gasteiger partial charge in [0.25, 0.3) is 5.91 Å². The third kappa shape index (κ3) is 13.7. The lowest BCUT2D eigenvalue weighted by Gasteiger charge is -2.29. The Hall–Kier alpha value is -3.74. The number of rotatable bonds is 20. The van der Waals surface area contributed by atoms with E-state index in [4.69, 9.17) is 0 Å². The molecule has 1 heterocycles. The van der Waals surface area contributed by atoms with Crippen LogP contribution in [0.25, 0.3) is 0 Å². The van der Waals surface area contributed by atoms with Crippen LogP contribution in [-0.2, 0) is 19.2 Å². The lowest BCUT2D eigenvalue weighted by Crippen LogP contribution is -2.58. The second-order valence-electron chi connectivity index (χ2n) is 12.7. The maximum absolute atomic E-state index is 13.5. The van der Waals surface area contributed by atoms with Crippen LogP contribution in [0.2, 0.25) is 0 Å². The molecule has 0 fully saturated rings. The van der Waals surface area contributed by atoms with Crippen LogP contribution in [0.1, 0.15) is 98.4 Å². The molecule has 0 unspecified atom stereocenters. The number of likely N-dealkylation sites (N-methyl/N-ethyl adjacent to an activating group) is 1. The van der Waals surface area contributed by atoms with Crippen molar-refractivity contribution in [1.29, 1.82) is 0 Å². The van der Waals surface area contributed by atoms with E-state index >= 15 is 0 Å². The summed E-state index contributed by atoms with van der Waals surface area (Å²) in [5, 5.41) is 29.0. The van der Waals surface area contributed by atoms with E-state index < -0.39 is 36.0 Å². The SMILES string of the molecule is CCC[C@H](NC(=O)[C@@H](NC(=O)c1ccc[n+]([O-])c1)[C@@H](C)CC)C(=O)N[C@H](CN[C@@H](C)C(=O)N[C@H](C(=O)NCC)C(C)C)CC(C)C. The maximum Gasteiger partial charge on any atom is 0.258 e. The van der Waals surface area contributed by atoms with Gasteiger partial charge in [0.05, 0.1) is 6.04 Å². The van der Waals surface area contributed by atoms with Crippen LogP contribution in [0.4, 0.5) is 0 Å². The van der Waals surface area contributed by atoms with Gasteiger partial charge in [-0.05, 0) is 50.5 Å². The van der Waals surface area contributed by atoms with Crippen molar-refractivity contribution >= 4 is 29.5 Å². The van der Waals surface area contributed by atoms with E-state index in [9.17, 15) is 29.2 Å². The van der Waals surface area contributed by atoms with Crippen molar-refractivity contribution in [3.63, 3.8) is 0 Å². The molecule has 0 saturated heterocycles. The minimum Gasteiger partial charge on any atom is -0.619 e. The molecule has 0 aliphatic heterocycles. The predicted octanol–water partition coefficient (Wildman–Crippen LogP) is 1.54. The number of aromatic nitrogens is 1. The Bertz CT molecular complexity index is 1150. The van der Waals surface area contributed by atoms with Crippen LogP contribution in [-0.4, -0.2) is 72.8 Å². The normalized spacial score (nSPS) is 15.2. The van der Waals surface area contributed by atoms with E-state index in [0.29, 0.717) is 43.5 Å². The summed E-state index contributed by atoms with van der Waals surface area (Å²) < 4.78 is 0.513. The van der Waals surface area contributed by atoms with Crippen molar-refractivity contribution in [3.05, 3.63) is 35.3 Å². The molecule has 1 rings (SSSR count). The Labute approximate surface area is 274 Å². The van der Waals surface area contributed by atoms with Crippen molar-refractivity contribution in [2.45, 2.75) is 118 Å². The van der Waals surface area contributed by atoms with Crippen LogP contribution >= 0.6 is 0 Å². The van der Waals surface area contributed by atoms with E-state index in [-0.39, 0.29) is 47.1 Å². The lowest BCUT2D eigenvalue weighted by atomic mass is 9.97. The highest BCUT2D eigenvalue weighted by atomic mass is 16.5. The summed E-state index contributed by atoms with van der Waals surface area (Å²) in [4.78, 5) is 65.2. The quantitative estimate of drug-likeness (QED) is 0.0916. The molecule has 0 aliphatic rings. The van der Waals surface area contributed by atoms with Crippen LogP contribution in [0.15, 0.2) is 24.5 Å². The van der Waals surface area contributed by atoms with E-state index in [0.717, 1.165) is 6.20 Å². The second-order valence-corrected chi connectivity index (χ2v) is 12.7. The molecule has 0 radical (unpaired) electrons. The van der Waals surface area contributed by atoms with Gasteiger partial charge in [-0.2, -0.15) is 4.73 Å². The number of nitrogens with one attached hydrogen (secondary N) is 6. The average Bonchev–Trinajstić information content (AvgIpc) is 2.99. The first kappa shape index (κ1) is 40.3. The van der Waals surface area contributed by atoms with Crippen molar-refractivity contribution < 1.29 is 28.7 Å². The van der Waals surface area contributed by atoms with Gasteiger partial charge in [-0.15, -0.1) is 0 Å². The van der Waals surface area contributed by atoms with Gasteiger partial charge in [-0.3, -0.25) is 24.0 Å². The summed E-state index contributed by atoms with van der Waals surface area (Å²) >= 11 is 0. The van der Waals surface area contributed by atoms with Crippen molar-refractivity contribution in [2.75, 3.05) is 13.1 Å². The van der Waals surface area contributed by atoms with Gasteiger partial charge >= 0.3 is 0 Å². The Balaban J connectivity index is 2.98. The highest BCUT2D eigenvalue weighted by Gasteiger charge is 2.31.